The number of hydrazone groups is 1. The van der Waals surface area contributed by atoms with E-state index in [0.717, 1.165) is 17.1 Å². The highest BCUT2D eigenvalue weighted by Gasteiger charge is 2.14. The molecule has 5 heteroatoms. The molecule has 1 aliphatic carbocycles. The number of pyridine rings is 1. The van der Waals surface area contributed by atoms with Crippen LogP contribution < -0.4 is 5.43 Å². The van der Waals surface area contributed by atoms with Gasteiger partial charge < -0.3 is 0 Å². The molecule has 2 heterocycles. The van der Waals surface area contributed by atoms with E-state index in [1.807, 2.05) is 12.1 Å². The second-order valence-electron chi connectivity index (χ2n) is 4.25. The van der Waals surface area contributed by atoms with Crippen molar-refractivity contribution < 1.29 is 0 Å². The van der Waals surface area contributed by atoms with Crippen molar-refractivity contribution in [2.75, 3.05) is 5.43 Å². The fourth-order valence-electron chi connectivity index (χ4n) is 2.01. The molecule has 0 unspecified atom stereocenters. The second-order valence-corrected chi connectivity index (χ2v) is 5.34. The third-order valence-electron chi connectivity index (χ3n) is 2.90. The Balaban J connectivity index is 1.66. The minimum Gasteiger partial charge on any atom is -0.264 e. The topological polar surface area (TPSA) is 50.2 Å². The summed E-state index contributed by atoms with van der Waals surface area (Å²) < 4.78 is 0. The summed E-state index contributed by atoms with van der Waals surface area (Å²) in [4.78, 5) is 10.0. The largest absolute Gasteiger partial charge is 0.264 e. The molecule has 0 aliphatic heterocycles. The average molecular weight is 258 g/mol. The van der Waals surface area contributed by atoms with Gasteiger partial charge in [-0.25, -0.2) is 4.98 Å². The van der Waals surface area contributed by atoms with Crippen molar-refractivity contribution in [1.82, 2.24) is 9.97 Å². The Bertz CT molecular complexity index is 524. The van der Waals surface area contributed by atoms with E-state index in [0.29, 0.717) is 0 Å². The van der Waals surface area contributed by atoms with E-state index in [4.69, 9.17) is 0 Å². The van der Waals surface area contributed by atoms with Crippen molar-refractivity contribution in [1.29, 1.82) is 0 Å². The van der Waals surface area contributed by atoms with Crippen molar-refractivity contribution in [3.8, 4) is 0 Å². The minimum absolute atomic E-state index is 0.891. The lowest BCUT2D eigenvalue weighted by molar-refractivity contribution is 0.682. The quantitative estimate of drug-likeness (QED) is 0.680. The zero-order valence-corrected chi connectivity index (χ0v) is 10.8. The normalized spacial score (nSPS) is 14.7. The average Bonchev–Trinajstić information content (AvgIpc) is 2.82. The predicted molar refractivity (Wildman–Crippen MR) is 74.2 cm³/mol. The molecule has 92 valence electrons. The monoisotopic (exact) mass is 258 g/mol. The highest BCUT2D eigenvalue weighted by atomic mass is 32.1. The summed E-state index contributed by atoms with van der Waals surface area (Å²) >= 11 is 1.72. The van der Waals surface area contributed by atoms with E-state index in [1.54, 1.807) is 29.9 Å². The molecule has 2 aromatic rings. The molecule has 1 aliphatic rings. The maximum atomic E-state index is 4.56. The summed E-state index contributed by atoms with van der Waals surface area (Å²) in [6.07, 6.45) is 10.1. The van der Waals surface area contributed by atoms with Crippen molar-refractivity contribution in [2.45, 2.75) is 25.7 Å². The molecule has 0 radical (unpaired) electrons. The zero-order chi connectivity index (χ0) is 12.2. The van der Waals surface area contributed by atoms with Crippen molar-refractivity contribution in [3.05, 3.63) is 40.7 Å². The highest BCUT2D eigenvalue weighted by Crippen LogP contribution is 2.29. The van der Waals surface area contributed by atoms with Gasteiger partial charge in [0.05, 0.1) is 11.9 Å². The number of hydrogen-bond acceptors (Lipinski definition) is 5. The van der Waals surface area contributed by atoms with E-state index in [2.05, 4.69) is 20.5 Å². The lowest BCUT2D eigenvalue weighted by atomic mass is 10.0. The highest BCUT2D eigenvalue weighted by molar-refractivity contribution is 7.15. The molecule has 4 nitrogen and oxygen atoms in total. The van der Waals surface area contributed by atoms with Crippen LogP contribution in [0.25, 0.3) is 0 Å². The summed E-state index contributed by atoms with van der Waals surface area (Å²) in [5, 5.41) is 5.08. The lowest BCUT2D eigenvalue weighted by Gasteiger charge is -2.06. The first-order chi connectivity index (χ1) is 8.92. The molecule has 0 saturated carbocycles. The number of fused-ring (bicyclic) bond motifs is 1. The number of aryl methyl sites for hydroxylation is 2. The number of thiazole rings is 1. The van der Waals surface area contributed by atoms with Gasteiger partial charge in [0, 0.05) is 22.8 Å². The molecular weight excluding hydrogens is 244 g/mol. The van der Waals surface area contributed by atoms with Gasteiger partial charge in [-0.2, -0.15) is 5.10 Å². The van der Waals surface area contributed by atoms with E-state index in [9.17, 15) is 0 Å². The molecular formula is C13H14N4S. The first-order valence-corrected chi connectivity index (χ1v) is 6.91. The van der Waals surface area contributed by atoms with Crippen LogP contribution in [0.2, 0.25) is 0 Å². The first-order valence-electron chi connectivity index (χ1n) is 6.09. The first kappa shape index (κ1) is 11.3. The number of nitrogens with zero attached hydrogens (tertiary/aromatic N) is 3. The molecule has 3 rings (SSSR count). The SMILES string of the molecule is C(=N/Nc1nc2c(s1)CCCC2)/c1cccnc1. The summed E-state index contributed by atoms with van der Waals surface area (Å²) in [5.41, 5.74) is 5.23. The van der Waals surface area contributed by atoms with Gasteiger partial charge >= 0.3 is 0 Å². The van der Waals surface area contributed by atoms with Crippen molar-refractivity contribution in [2.24, 2.45) is 5.10 Å². The minimum atomic E-state index is 0.891. The van der Waals surface area contributed by atoms with Gasteiger partial charge in [0.15, 0.2) is 0 Å². The number of nitrogens with one attached hydrogen (secondary N) is 1. The van der Waals surface area contributed by atoms with Crippen LogP contribution in [-0.2, 0) is 12.8 Å². The fourth-order valence-corrected chi connectivity index (χ4v) is 3.01. The van der Waals surface area contributed by atoms with Crippen LogP contribution in [0.15, 0.2) is 29.6 Å². The molecule has 0 spiro atoms. The Morgan fingerprint density at radius 1 is 1.33 bits per heavy atom. The van der Waals surface area contributed by atoms with Gasteiger partial charge in [0.2, 0.25) is 5.13 Å². The molecule has 18 heavy (non-hydrogen) atoms. The molecule has 0 atom stereocenters. The Morgan fingerprint density at radius 2 is 2.28 bits per heavy atom. The van der Waals surface area contributed by atoms with Crippen LogP contribution in [0.4, 0.5) is 5.13 Å². The zero-order valence-electron chi connectivity index (χ0n) is 9.97. The maximum Gasteiger partial charge on any atom is 0.203 e. The van der Waals surface area contributed by atoms with Gasteiger partial charge in [0.1, 0.15) is 0 Å². The Hall–Kier alpha value is -1.75. The Morgan fingerprint density at radius 3 is 3.11 bits per heavy atom. The van der Waals surface area contributed by atoms with E-state index in [-0.39, 0.29) is 0 Å². The van der Waals surface area contributed by atoms with Crippen molar-refractivity contribution >= 4 is 22.7 Å². The molecule has 0 saturated heterocycles. The summed E-state index contributed by atoms with van der Waals surface area (Å²) in [6.45, 7) is 0. The Kier molecular flexibility index (Phi) is 3.32. The summed E-state index contributed by atoms with van der Waals surface area (Å²) in [6, 6.07) is 3.86. The van der Waals surface area contributed by atoms with Crippen LogP contribution in [0.1, 0.15) is 29.0 Å². The van der Waals surface area contributed by atoms with Gasteiger partial charge in [-0.3, -0.25) is 10.4 Å². The van der Waals surface area contributed by atoms with Crippen LogP contribution in [-0.4, -0.2) is 16.2 Å². The molecule has 0 fully saturated rings. The third-order valence-corrected chi connectivity index (χ3v) is 3.97. The van der Waals surface area contributed by atoms with Crippen LogP contribution in [0.5, 0.6) is 0 Å². The summed E-state index contributed by atoms with van der Waals surface area (Å²) in [7, 11) is 0. The molecule has 1 N–H and O–H groups in total. The molecule has 2 aromatic heterocycles. The van der Waals surface area contributed by atoms with Crippen molar-refractivity contribution in [3.63, 3.8) is 0 Å². The standard InChI is InChI=1S/C13H14N4S/c1-2-6-12-11(5-1)16-13(18-12)17-15-9-10-4-3-7-14-8-10/h3-4,7-9H,1-2,5-6H2,(H,16,17)/b15-9-. The smallest absolute Gasteiger partial charge is 0.203 e. The number of rotatable bonds is 3. The maximum absolute atomic E-state index is 4.56. The second kappa shape index (κ2) is 5.27. The van der Waals surface area contributed by atoms with E-state index < -0.39 is 0 Å². The molecule has 0 bridgehead atoms. The number of anilines is 1. The third kappa shape index (κ3) is 2.56. The lowest BCUT2D eigenvalue weighted by Crippen LogP contribution is -1.99. The van der Waals surface area contributed by atoms with Gasteiger partial charge in [-0.1, -0.05) is 6.07 Å². The fraction of sp³-hybridized carbons (Fsp3) is 0.308. The van der Waals surface area contributed by atoms with Gasteiger partial charge in [0.25, 0.3) is 0 Å². The number of aromatic nitrogens is 2. The number of hydrogen-bond donors (Lipinski definition) is 1. The molecule has 0 aromatic carbocycles. The Labute approximate surface area is 110 Å². The van der Waals surface area contributed by atoms with Crippen LogP contribution in [0, 0.1) is 0 Å². The molecule has 0 amide bonds. The van der Waals surface area contributed by atoms with Gasteiger partial charge in [-0.05, 0) is 31.7 Å². The predicted octanol–water partition coefficient (Wildman–Crippen LogP) is 2.86. The summed E-state index contributed by atoms with van der Waals surface area (Å²) in [5.74, 6) is 0. The van der Waals surface area contributed by atoms with Crippen LogP contribution >= 0.6 is 11.3 Å². The van der Waals surface area contributed by atoms with E-state index >= 15 is 0 Å². The van der Waals surface area contributed by atoms with Gasteiger partial charge in [-0.15, -0.1) is 11.3 Å². The van der Waals surface area contributed by atoms with Crippen LogP contribution in [0.3, 0.4) is 0 Å². The van der Waals surface area contributed by atoms with E-state index in [1.165, 1.54) is 29.8 Å².